The molecule has 0 N–H and O–H groups in total. The smallest absolute Gasteiger partial charge is 0.417 e. The molecule has 12 nitrogen and oxygen atoms in total. The van der Waals surface area contributed by atoms with Crippen molar-refractivity contribution in [3.05, 3.63) is 25.3 Å². The Morgan fingerprint density at radius 1 is 0.659 bits per heavy atom. The summed E-state index contributed by atoms with van der Waals surface area (Å²) < 4.78 is 35.4. The molecule has 250 valence electrons. The zero-order valence-corrected chi connectivity index (χ0v) is 27.8. The second-order valence-electron chi connectivity index (χ2n) is 14.8. The first-order valence-corrected chi connectivity index (χ1v) is 15.4. The number of hydrogen-bond donors (Lipinski definition) is 0. The first kappa shape index (κ1) is 35.0. The number of rotatable bonds is 10. The van der Waals surface area contributed by atoms with Crippen LogP contribution in [0.2, 0.25) is 0 Å². The maximum atomic E-state index is 12.5. The third-order valence-corrected chi connectivity index (χ3v) is 8.44. The van der Waals surface area contributed by atoms with Crippen molar-refractivity contribution in [1.82, 2.24) is 10.1 Å². The Morgan fingerprint density at radius 2 is 0.977 bits per heavy atom. The second kappa shape index (κ2) is 12.7. The SMILES string of the molecule is C=CCON1C(C)(C)CC2(CC1(C)C)OCC(COC(=O)C(=O)OCC1COC3(CC(C)(C)N(OCC=C)C(C)(C)C3)O1)O2. The van der Waals surface area contributed by atoms with E-state index in [2.05, 4.69) is 68.5 Å². The normalized spacial score (nSPS) is 29.8. The van der Waals surface area contributed by atoms with Gasteiger partial charge in [-0.1, -0.05) is 12.2 Å². The molecule has 2 atom stereocenters. The van der Waals surface area contributed by atoms with Crippen LogP contribution in [-0.2, 0) is 47.7 Å². The van der Waals surface area contributed by atoms with Crippen LogP contribution in [0.5, 0.6) is 0 Å². The molecule has 4 heterocycles. The Hall–Kier alpha value is -1.90. The minimum Gasteiger partial charge on any atom is -0.454 e. The van der Waals surface area contributed by atoms with Gasteiger partial charge in [-0.15, -0.1) is 13.2 Å². The molecular weight excluding hydrogens is 572 g/mol. The molecule has 4 fully saturated rings. The van der Waals surface area contributed by atoms with Crippen molar-refractivity contribution in [2.45, 2.75) is 127 Å². The summed E-state index contributed by atoms with van der Waals surface area (Å²) in [6, 6.07) is 0. The molecule has 44 heavy (non-hydrogen) atoms. The van der Waals surface area contributed by atoms with Crippen LogP contribution in [0.3, 0.4) is 0 Å². The first-order chi connectivity index (χ1) is 20.4. The molecule has 0 radical (unpaired) electrons. The number of carbonyl (C=O) groups is 2. The highest BCUT2D eigenvalue weighted by molar-refractivity contribution is 6.29. The number of nitrogens with zero attached hydrogens (tertiary/aromatic N) is 2. The zero-order chi connectivity index (χ0) is 32.6. The van der Waals surface area contributed by atoms with Gasteiger partial charge in [0.25, 0.3) is 0 Å². The van der Waals surface area contributed by atoms with Gasteiger partial charge in [0.15, 0.2) is 11.6 Å². The lowest BCUT2D eigenvalue weighted by molar-refractivity contribution is -0.334. The number of hydroxylamine groups is 4. The van der Waals surface area contributed by atoms with E-state index in [1.54, 1.807) is 12.2 Å². The highest BCUT2D eigenvalue weighted by Gasteiger charge is 2.59. The number of esters is 2. The van der Waals surface area contributed by atoms with Gasteiger partial charge in [0.2, 0.25) is 0 Å². The lowest BCUT2D eigenvalue weighted by atomic mass is 9.78. The molecule has 12 heteroatoms. The summed E-state index contributed by atoms with van der Waals surface area (Å²) in [5.74, 6) is -3.89. The van der Waals surface area contributed by atoms with Crippen LogP contribution in [0.4, 0.5) is 0 Å². The molecule has 4 aliphatic rings. The molecule has 0 aromatic carbocycles. The highest BCUT2D eigenvalue weighted by Crippen LogP contribution is 2.49. The van der Waals surface area contributed by atoms with Crippen LogP contribution < -0.4 is 0 Å². The molecule has 4 aliphatic heterocycles. The average Bonchev–Trinajstić information content (AvgIpc) is 3.45. The zero-order valence-electron chi connectivity index (χ0n) is 27.8. The van der Waals surface area contributed by atoms with Gasteiger partial charge in [0.05, 0.1) is 26.4 Å². The van der Waals surface area contributed by atoms with Crippen LogP contribution >= 0.6 is 0 Å². The van der Waals surface area contributed by atoms with E-state index in [1.165, 1.54) is 0 Å². The van der Waals surface area contributed by atoms with E-state index in [-0.39, 0.29) is 26.4 Å². The fourth-order valence-corrected chi connectivity index (χ4v) is 7.86. The summed E-state index contributed by atoms with van der Waals surface area (Å²) in [4.78, 5) is 36.9. The minimum absolute atomic E-state index is 0.131. The number of piperidine rings is 2. The van der Waals surface area contributed by atoms with Crippen molar-refractivity contribution in [3.8, 4) is 0 Å². The Bertz CT molecular complexity index is 967. The standard InChI is InChI=1S/C32H52N2O10/c1-11-13-41-33-27(3,4)19-31(20-28(33,5)6)39-17-23(43-31)15-37-25(35)26(36)38-16-24-18-40-32(44-24)21-29(7,8)34(42-14-12-2)30(9,10)22-32/h11-12,23-24H,1-2,13-22H2,3-10H3. The fraction of sp³-hybridized carbons (Fsp3) is 0.812. The van der Waals surface area contributed by atoms with Gasteiger partial charge in [0.1, 0.15) is 25.4 Å². The third kappa shape index (κ3) is 7.55. The predicted octanol–water partition coefficient (Wildman–Crippen LogP) is 3.84. The lowest BCUT2D eigenvalue weighted by Crippen LogP contribution is -2.65. The maximum absolute atomic E-state index is 12.5. The summed E-state index contributed by atoms with van der Waals surface area (Å²) in [5.41, 5.74) is -1.59. The quantitative estimate of drug-likeness (QED) is 0.200. The van der Waals surface area contributed by atoms with Gasteiger partial charge in [-0.25, -0.2) is 9.59 Å². The molecule has 0 saturated carbocycles. The molecular formula is C32H52N2O10. The van der Waals surface area contributed by atoms with Gasteiger partial charge >= 0.3 is 11.9 Å². The Labute approximate surface area is 261 Å². The Kier molecular flexibility index (Phi) is 10.1. The van der Waals surface area contributed by atoms with Crippen molar-refractivity contribution in [3.63, 3.8) is 0 Å². The van der Waals surface area contributed by atoms with Crippen LogP contribution in [0.25, 0.3) is 0 Å². The summed E-state index contributed by atoms with van der Waals surface area (Å²) in [7, 11) is 0. The molecule has 2 unspecified atom stereocenters. The molecule has 4 rings (SSSR count). The van der Waals surface area contributed by atoms with E-state index < -0.39 is 57.9 Å². The van der Waals surface area contributed by atoms with Crippen molar-refractivity contribution in [1.29, 1.82) is 0 Å². The largest absolute Gasteiger partial charge is 0.454 e. The Morgan fingerprint density at radius 3 is 1.27 bits per heavy atom. The molecule has 0 aromatic rings. The summed E-state index contributed by atoms with van der Waals surface area (Å²) in [5, 5.41) is 3.96. The van der Waals surface area contributed by atoms with Gasteiger partial charge < -0.3 is 28.4 Å². The van der Waals surface area contributed by atoms with Crippen LogP contribution in [-0.4, -0.2) is 108 Å². The highest BCUT2D eigenvalue weighted by atomic mass is 16.8. The summed E-state index contributed by atoms with van der Waals surface area (Å²) in [6.07, 6.45) is 4.59. The monoisotopic (exact) mass is 624 g/mol. The van der Waals surface area contributed by atoms with E-state index in [4.69, 9.17) is 38.1 Å². The molecule has 4 saturated heterocycles. The number of ether oxygens (including phenoxy) is 6. The van der Waals surface area contributed by atoms with Crippen molar-refractivity contribution < 1.29 is 47.7 Å². The topological polar surface area (TPSA) is 114 Å². The number of hydrogen-bond acceptors (Lipinski definition) is 12. The van der Waals surface area contributed by atoms with Gasteiger partial charge in [0, 0.05) is 47.8 Å². The average molecular weight is 625 g/mol. The third-order valence-electron chi connectivity index (χ3n) is 8.44. The molecule has 0 amide bonds. The molecule has 2 spiro atoms. The van der Waals surface area contributed by atoms with E-state index in [0.717, 1.165) is 0 Å². The van der Waals surface area contributed by atoms with Gasteiger partial charge in [-0.05, 0) is 55.4 Å². The summed E-state index contributed by atoms with van der Waals surface area (Å²) >= 11 is 0. The Balaban J connectivity index is 1.23. The van der Waals surface area contributed by atoms with Crippen molar-refractivity contribution >= 4 is 11.9 Å². The van der Waals surface area contributed by atoms with Crippen molar-refractivity contribution in [2.75, 3.05) is 39.6 Å². The second-order valence-corrected chi connectivity index (χ2v) is 14.8. The van der Waals surface area contributed by atoms with E-state index in [9.17, 15) is 9.59 Å². The summed E-state index contributed by atoms with van der Waals surface area (Å²) in [6.45, 7) is 25.0. The van der Waals surface area contributed by atoms with E-state index in [1.807, 2.05) is 10.1 Å². The first-order valence-electron chi connectivity index (χ1n) is 15.4. The maximum Gasteiger partial charge on any atom is 0.417 e. The molecule has 0 aliphatic carbocycles. The van der Waals surface area contributed by atoms with Crippen LogP contribution in [0.1, 0.15) is 81.1 Å². The van der Waals surface area contributed by atoms with E-state index >= 15 is 0 Å². The van der Waals surface area contributed by atoms with Crippen LogP contribution in [0, 0.1) is 0 Å². The van der Waals surface area contributed by atoms with Crippen LogP contribution in [0.15, 0.2) is 25.3 Å². The molecule has 0 bridgehead atoms. The molecule has 0 aromatic heterocycles. The van der Waals surface area contributed by atoms with Gasteiger partial charge in [-0.3, -0.25) is 9.68 Å². The fourth-order valence-electron chi connectivity index (χ4n) is 7.86. The predicted molar refractivity (Wildman–Crippen MR) is 160 cm³/mol. The number of carbonyl (C=O) groups excluding carboxylic acids is 2. The minimum atomic E-state index is -1.09. The van der Waals surface area contributed by atoms with Gasteiger partial charge in [-0.2, -0.15) is 10.1 Å². The van der Waals surface area contributed by atoms with E-state index in [0.29, 0.717) is 38.9 Å². The lowest BCUT2D eigenvalue weighted by Gasteiger charge is -2.56. The van der Waals surface area contributed by atoms with Crippen molar-refractivity contribution in [2.24, 2.45) is 0 Å².